The number of carbonyl (C=O) groups is 1. The number of amides is 1. The first-order valence-electron chi connectivity index (χ1n) is 6.86. The van der Waals surface area contributed by atoms with Crippen LogP contribution in [0.4, 0.5) is 0 Å². The van der Waals surface area contributed by atoms with E-state index in [2.05, 4.69) is 26.2 Å². The second-order valence-electron chi connectivity index (χ2n) is 5.29. The maximum atomic E-state index is 12.2. The smallest absolute Gasteiger partial charge is 0.266 e. The Morgan fingerprint density at radius 3 is 2.30 bits per heavy atom. The van der Waals surface area contributed by atoms with Crippen molar-refractivity contribution < 1.29 is 13.2 Å². The largest absolute Gasteiger partial charge is 0.273 e. The SMILES string of the molecule is Cc1ccc(C(=O)NNS(=O)(=O)c2ccc(Br)c(C)c2)c(C)c1. The standard InChI is InChI=1S/C16H17BrN2O3S/c1-10-4-6-14(11(2)8-10)16(20)18-19-23(21,22)13-5-7-15(17)12(3)9-13/h4-9,19H,1-3H3,(H,18,20). The molecule has 23 heavy (non-hydrogen) atoms. The van der Waals surface area contributed by atoms with E-state index in [1.165, 1.54) is 12.1 Å². The molecule has 2 rings (SSSR count). The van der Waals surface area contributed by atoms with E-state index < -0.39 is 15.9 Å². The molecule has 0 aliphatic rings. The normalized spacial score (nSPS) is 11.3. The summed E-state index contributed by atoms with van der Waals surface area (Å²) in [6.45, 7) is 5.51. The fourth-order valence-corrected chi connectivity index (χ4v) is 3.26. The summed E-state index contributed by atoms with van der Waals surface area (Å²) in [6, 6.07) is 9.96. The van der Waals surface area contributed by atoms with Crippen LogP contribution in [-0.2, 0) is 10.0 Å². The molecule has 0 saturated carbocycles. The van der Waals surface area contributed by atoms with Gasteiger partial charge in [0.05, 0.1) is 4.90 Å². The van der Waals surface area contributed by atoms with Crippen LogP contribution in [0.1, 0.15) is 27.0 Å². The van der Waals surface area contributed by atoms with E-state index in [1.54, 1.807) is 32.0 Å². The highest BCUT2D eigenvalue weighted by atomic mass is 79.9. The van der Waals surface area contributed by atoms with Crippen molar-refractivity contribution in [2.45, 2.75) is 25.7 Å². The fourth-order valence-electron chi connectivity index (χ4n) is 2.09. The van der Waals surface area contributed by atoms with E-state index in [9.17, 15) is 13.2 Å². The van der Waals surface area contributed by atoms with Crippen molar-refractivity contribution in [3.63, 3.8) is 0 Å². The third-order valence-electron chi connectivity index (χ3n) is 3.37. The predicted molar refractivity (Wildman–Crippen MR) is 92.6 cm³/mol. The Kier molecular flexibility index (Phi) is 5.23. The summed E-state index contributed by atoms with van der Waals surface area (Å²) in [5, 5.41) is 0. The monoisotopic (exact) mass is 396 g/mol. The van der Waals surface area contributed by atoms with Gasteiger partial charge in [0.1, 0.15) is 0 Å². The molecule has 2 aromatic rings. The Hall–Kier alpha value is -1.70. The summed E-state index contributed by atoms with van der Waals surface area (Å²) < 4.78 is 25.3. The molecular weight excluding hydrogens is 380 g/mol. The molecule has 0 spiro atoms. The zero-order valence-corrected chi connectivity index (χ0v) is 15.4. The first-order valence-corrected chi connectivity index (χ1v) is 9.14. The van der Waals surface area contributed by atoms with Crippen molar-refractivity contribution in [3.05, 3.63) is 63.1 Å². The van der Waals surface area contributed by atoms with Crippen LogP contribution < -0.4 is 10.3 Å². The van der Waals surface area contributed by atoms with Gasteiger partial charge in [0, 0.05) is 10.0 Å². The van der Waals surface area contributed by atoms with Crippen LogP contribution in [0.15, 0.2) is 45.8 Å². The summed E-state index contributed by atoms with van der Waals surface area (Å²) in [5.74, 6) is -0.500. The Bertz CT molecular complexity index is 864. The van der Waals surface area contributed by atoms with Gasteiger partial charge in [0.25, 0.3) is 15.9 Å². The van der Waals surface area contributed by atoms with Gasteiger partial charge in [0.2, 0.25) is 0 Å². The summed E-state index contributed by atoms with van der Waals surface area (Å²) in [6.07, 6.45) is 0. The van der Waals surface area contributed by atoms with Crippen molar-refractivity contribution >= 4 is 31.9 Å². The molecule has 0 unspecified atom stereocenters. The van der Waals surface area contributed by atoms with Gasteiger partial charge in [-0.05, 0) is 56.2 Å². The van der Waals surface area contributed by atoms with Gasteiger partial charge in [-0.2, -0.15) is 0 Å². The van der Waals surface area contributed by atoms with Crippen LogP contribution in [0.25, 0.3) is 0 Å². The molecule has 122 valence electrons. The fraction of sp³-hybridized carbons (Fsp3) is 0.188. The molecule has 2 N–H and O–H groups in total. The van der Waals surface area contributed by atoms with Crippen molar-refractivity contribution in [3.8, 4) is 0 Å². The number of rotatable bonds is 4. The zero-order valence-electron chi connectivity index (χ0n) is 13.0. The molecule has 0 aromatic heterocycles. The second-order valence-corrected chi connectivity index (χ2v) is 7.83. The third kappa shape index (κ3) is 4.19. The number of hydrogen-bond acceptors (Lipinski definition) is 3. The number of hydrogen-bond donors (Lipinski definition) is 2. The number of carbonyl (C=O) groups excluding carboxylic acids is 1. The highest BCUT2D eigenvalue weighted by Crippen LogP contribution is 2.19. The maximum absolute atomic E-state index is 12.2. The van der Waals surface area contributed by atoms with Crippen LogP contribution in [0.5, 0.6) is 0 Å². The molecule has 0 saturated heterocycles. The first-order chi connectivity index (χ1) is 10.7. The van der Waals surface area contributed by atoms with Crippen molar-refractivity contribution in [2.75, 3.05) is 0 Å². The zero-order chi connectivity index (χ0) is 17.2. The molecule has 1 amide bonds. The average molecular weight is 397 g/mol. The maximum Gasteiger partial charge on any atom is 0.266 e. The summed E-state index contributed by atoms with van der Waals surface area (Å²) in [4.78, 5) is 14.3. The van der Waals surface area contributed by atoms with Gasteiger partial charge in [-0.25, -0.2) is 8.42 Å². The van der Waals surface area contributed by atoms with Crippen LogP contribution in [-0.4, -0.2) is 14.3 Å². The first kappa shape index (κ1) is 17.7. The van der Waals surface area contributed by atoms with Gasteiger partial charge < -0.3 is 0 Å². The predicted octanol–water partition coefficient (Wildman–Crippen LogP) is 3.00. The van der Waals surface area contributed by atoms with Crippen LogP contribution in [0, 0.1) is 20.8 Å². The molecule has 5 nitrogen and oxygen atoms in total. The highest BCUT2D eigenvalue weighted by molar-refractivity contribution is 9.10. The Labute approximate surface area is 144 Å². The lowest BCUT2D eigenvalue weighted by Gasteiger charge is -2.11. The lowest BCUT2D eigenvalue weighted by Crippen LogP contribution is -2.41. The topological polar surface area (TPSA) is 75.3 Å². The van der Waals surface area contributed by atoms with Gasteiger partial charge in [-0.1, -0.05) is 33.6 Å². The van der Waals surface area contributed by atoms with E-state index in [0.717, 1.165) is 21.2 Å². The van der Waals surface area contributed by atoms with E-state index in [0.29, 0.717) is 5.56 Å². The minimum atomic E-state index is -3.83. The average Bonchev–Trinajstić information content (AvgIpc) is 2.47. The van der Waals surface area contributed by atoms with Crippen molar-refractivity contribution in [1.82, 2.24) is 10.3 Å². The molecule has 0 radical (unpaired) electrons. The molecule has 7 heteroatoms. The minimum Gasteiger partial charge on any atom is -0.273 e. The molecule has 0 aliphatic carbocycles. The van der Waals surface area contributed by atoms with Crippen LogP contribution >= 0.6 is 15.9 Å². The molecule has 2 aromatic carbocycles. The Morgan fingerprint density at radius 1 is 1.00 bits per heavy atom. The van der Waals surface area contributed by atoms with E-state index >= 15 is 0 Å². The van der Waals surface area contributed by atoms with E-state index in [1.807, 2.05) is 13.0 Å². The summed E-state index contributed by atoms with van der Waals surface area (Å²) in [5.41, 5.74) is 5.26. The van der Waals surface area contributed by atoms with Gasteiger partial charge >= 0.3 is 0 Å². The van der Waals surface area contributed by atoms with Gasteiger partial charge in [0.15, 0.2) is 0 Å². The number of hydrazine groups is 1. The molecule has 0 heterocycles. The number of nitrogens with one attached hydrogen (secondary N) is 2. The molecule has 0 atom stereocenters. The number of aryl methyl sites for hydroxylation is 3. The molecular formula is C16H17BrN2O3S. The number of benzene rings is 2. The second kappa shape index (κ2) is 6.82. The highest BCUT2D eigenvalue weighted by Gasteiger charge is 2.17. The summed E-state index contributed by atoms with van der Waals surface area (Å²) >= 11 is 3.32. The molecule has 0 bridgehead atoms. The van der Waals surface area contributed by atoms with Gasteiger partial charge in [-0.15, -0.1) is 4.83 Å². The van der Waals surface area contributed by atoms with Crippen LogP contribution in [0.3, 0.4) is 0 Å². The Morgan fingerprint density at radius 2 is 1.70 bits per heavy atom. The molecule has 0 aliphatic heterocycles. The van der Waals surface area contributed by atoms with Crippen molar-refractivity contribution in [2.24, 2.45) is 0 Å². The third-order valence-corrected chi connectivity index (χ3v) is 5.50. The minimum absolute atomic E-state index is 0.0825. The van der Waals surface area contributed by atoms with Crippen LogP contribution in [0.2, 0.25) is 0 Å². The number of sulfonamides is 1. The Balaban J connectivity index is 2.15. The quantitative estimate of drug-likeness (QED) is 0.779. The molecule has 0 fully saturated rings. The van der Waals surface area contributed by atoms with Crippen molar-refractivity contribution in [1.29, 1.82) is 0 Å². The lowest BCUT2D eigenvalue weighted by atomic mass is 10.1. The van der Waals surface area contributed by atoms with Gasteiger partial charge in [-0.3, -0.25) is 10.2 Å². The lowest BCUT2D eigenvalue weighted by molar-refractivity contribution is 0.0944. The number of halogens is 1. The van der Waals surface area contributed by atoms with E-state index in [-0.39, 0.29) is 4.90 Å². The van der Waals surface area contributed by atoms with E-state index in [4.69, 9.17) is 0 Å². The summed E-state index contributed by atoms with van der Waals surface area (Å²) in [7, 11) is -3.83.